The van der Waals surface area contributed by atoms with Crippen LogP contribution in [0.5, 0.6) is 0 Å². The van der Waals surface area contributed by atoms with E-state index in [0.29, 0.717) is 12.3 Å². The lowest BCUT2D eigenvalue weighted by atomic mass is 9.90. The molecule has 88 valence electrons. The first-order chi connectivity index (χ1) is 7.42. The maximum absolute atomic E-state index is 11.5. The fraction of sp³-hybridized carbons (Fsp3) is 0.583. The highest BCUT2D eigenvalue weighted by Gasteiger charge is 2.15. The zero-order valence-corrected chi connectivity index (χ0v) is 10.3. The number of rotatable bonds is 3. The first kappa shape index (κ1) is 12.6. The average molecular weight is 222 g/mol. The van der Waals surface area contributed by atoms with E-state index in [4.69, 9.17) is 4.74 Å². The number of carbonyl (C=O) groups excluding carboxylic acids is 1. The van der Waals surface area contributed by atoms with E-state index in [1.807, 2.05) is 0 Å². The maximum Gasteiger partial charge on any atom is 0.357 e. The molecule has 0 unspecified atom stereocenters. The minimum atomic E-state index is -0.389. The topological polar surface area (TPSA) is 52.1 Å². The van der Waals surface area contributed by atoms with Crippen molar-refractivity contribution >= 4 is 5.97 Å². The molecule has 0 aliphatic rings. The van der Waals surface area contributed by atoms with Crippen molar-refractivity contribution < 1.29 is 9.53 Å². The number of hydrogen-bond acceptors (Lipinski definition) is 4. The van der Waals surface area contributed by atoms with Gasteiger partial charge in [-0.1, -0.05) is 20.8 Å². The van der Waals surface area contributed by atoms with Crippen molar-refractivity contribution in [1.29, 1.82) is 0 Å². The quantitative estimate of drug-likeness (QED) is 0.736. The summed E-state index contributed by atoms with van der Waals surface area (Å²) in [6.45, 7) is 8.50. The summed E-state index contributed by atoms with van der Waals surface area (Å²) < 4.78 is 4.88. The van der Waals surface area contributed by atoms with Gasteiger partial charge in [0.05, 0.1) is 6.61 Å². The van der Waals surface area contributed by atoms with Gasteiger partial charge in [0, 0.05) is 5.69 Å². The molecule has 0 radical (unpaired) electrons. The number of hydrogen-bond donors (Lipinski definition) is 0. The van der Waals surface area contributed by atoms with E-state index in [0.717, 1.165) is 12.1 Å². The van der Waals surface area contributed by atoms with Crippen molar-refractivity contribution in [2.24, 2.45) is 5.41 Å². The van der Waals surface area contributed by atoms with Gasteiger partial charge in [0.2, 0.25) is 0 Å². The lowest BCUT2D eigenvalue weighted by Gasteiger charge is -2.17. The Morgan fingerprint density at radius 1 is 1.38 bits per heavy atom. The molecule has 0 aromatic carbocycles. The molecule has 1 rings (SSSR count). The van der Waals surface area contributed by atoms with Gasteiger partial charge < -0.3 is 4.74 Å². The highest BCUT2D eigenvalue weighted by molar-refractivity contribution is 5.87. The highest BCUT2D eigenvalue weighted by atomic mass is 16.5. The first-order valence-electron chi connectivity index (χ1n) is 5.40. The third-order valence-electron chi connectivity index (χ3n) is 1.92. The largest absolute Gasteiger partial charge is 0.461 e. The zero-order valence-electron chi connectivity index (χ0n) is 10.3. The van der Waals surface area contributed by atoms with Crippen LogP contribution in [-0.4, -0.2) is 22.5 Å². The summed E-state index contributed by atoms with van der Waals surface area (Å²) in [7, 11) is 0. The molecule has 16 heavy (non-hydrogen) atoms. The Morgan fingerprint density at radius 3 is 2.62 bits per heavy atom. The highest BCUT2D eigenvalue weighted by Crippen LogP contribution is 2.19. The van der Waals surface area contributed by atoms with Gasteiger partial charge in [0.25, 0.3) is 0 Å². The average Bonchev–Trinajstić information content (AvgIpc) is 2.16. The summed E-state index contributed by atoms with van der Waals surface area (Å²) >= 11 is 0. The van der Waals surface area contributed by atoms with Gasteiger partial charge >= 0.3 is 5.97 Å². The van der Waals surface area contributed by atoms with Gasteiger partial charge in [0.1, 0.15) is 6.33 Å². The predicted molar refractivity (Wildman–Crippen MR) is 61.1 cm³/mol. The van der Waals surface area contributed by atoms with Crippen LogP contribution in [0, 0.1) is 5.41 Å². The second kappa shape index (κ2) is 5.05. The van der Waals surface area contributed by atoms with Crippen LogP contribution in [0.1, 0.15) is 43.9 Å². The predicted octanol–water partition coefficient (Wildman–Crippen LogP) is 2.24. The van der Waals surface area contributed by atoms with Crippen molar-refractivity contribution in [2.45, 2.75) is 34.1 Å². The summed E-state index contributed by atoms with van der Waals surface area (Å²) in [5, 5.41) is 0. The van der Waals surface area contributed by atoms with Crippen LogP contribution in [0.15, 0.2) is 12.4 Å². The standard InChI is InChI=1S/C12H18N2O2/c1-5-16-11(15)10-6-9(13-8-14-10)7-12(2,3)4/h6,8H,5,7H2,1-4H3. The first-order valence-corrected chi connectivity index (χ1v) is 5.40. The molecular weight excluding hydrogens is 204 g/mol. The summed E-state index contributed by atoms with van der Waals surface area (Å²) in [6, 6.07) is 1.70. The Kier molecular flexibility index (Phi) is 3.99. The van der Waals surface area contributed by atoms with Gasteiger partial charge in [-0.05, 0) is 24.8 Å². The Labute approximate surface area is 96.1 Å². The molecule has 1 aromatic rings. The molecule has 0 bridgehead atoms. The summed E-state index contributed by atoms with van der Waals surface area (Å²) in [5.41, 5.74) is 1.34. The molecule has 0 saturated heterocycles. The van der Waals surface area contributed by atoms with E-state index >= 15 is 0 Å². The van der Waals surface area contributed by atoms with Crippen molar-refractivity contribution in [3.8, 4) is 0 Å². The molecule has 0 spiro atoms. The van der Waals surface area contributed by atoms with Crippen LogP contribution < -0.4 is 0 Å². The van der Waals surface area contributed by atoms with Crippen LogP contribution in [0.25, 0.3) is 0 Å². The van der Waals surface area contributed by atoms with E-state index in [1.165, 1.54) is 6.33 Å². The van der Waals surface area contributed by atoms with Crippen LogP contribution in [0.3, 0.4) is 0 Å². The molecule has 1 aromatic heterocycles. The van der Waals surface area contributed by atoms with Gasteiger partial charge in [-0.25, -0.2) is 14.8 Å². The normalized spacial score (nSPS) is 11.2. The van der Waals surface area contributed by atoms with Gasteiger partial charge in [-0.2, -0.15) is 0 Å². The summed E-state index contributed by atoms with van der Waals surface area (Å²) in [4.78, 5) is 19.5. The molecule has 0 atom stereocenters. The lowest BCUT2D eigenvalue weighted by Crippen LogP contribution is -2.13. The van der Waals surface area contributed by atoms with E-state index in [2.05, 4.69) is 30.7 Å². The third kappa shape index (κ3) is 3.96. The lowest BCUT2D eigenvalue weighted by molar-refractivity contribution is 0.0519. The van der Waals surface area contributed by atoms with Gasteiger partial charge in [-0.3, -0.25) is 0 Å². The smallest absolute Gasteiger partial charge is 0.357 e. The molecule has 4 nitrogen and oxygen atoms in total. The number of ether oxygens (including phenoxy) is 1. The SMILES string of the molecule is CCOC(=O)c1cc(CC(C)(C)C)ncn1. The molecule has 0 aliphatic heterocycles. The molecule has 1 heterocycles. The molecule has 0 amide bonds. The van der Waals surface area contributed by atoms with Crippen molar-refractivity contribution in [2.75, 3.05) is 6.61 Å². The molecule has 0 fully saturated rings. The van der Waals surface area contributed by atoms with Gasteiger partial charge in [-0.15, -0.1) is 0 Å². The minimum Gasteiger partial charge on any atom is -0.461 e. The monoisotopic (exact) mass is 222 g/mol. The maximum atomic E-state index is 11.5. The molecule has 0 N–H and O–H groups in total. The second-order valence-electron chi connectivity index (χ2n) is 4.85. The van der Waals surface area contributed by atoms with E-state index < -0.39 is 0 Å². The zero-order chi connectivity index (χ0) is 12.2. The van der Waals surface area contributed by atoms with E-state index in [1.54, 1.807) is 13.0 Å². The third-order valence-corrected chi connectivity index (χ3v) is 1.92. The van der Waals surface area contributed by atoms with Crippen LogP contribution in [0.2, 0.25) is 0 Å². The molecule has 0 aliphatic carbocycles. The summed E-state index contributed by atoms with van der Waals surface area (Å²) in [6.07, 6.45) is 2.22. The Bertz CT molecular complexity index is 370. The number of carbonyl (C=O) groups is 1. The minimum absolute atomic E-state index is 0.139. The van der Waals surface area contributed by atoms with Crippen LogP contribution in [0.4, 0.5) is 0 Å². The summed E-state index contributed by atoms with van der Waals surface area (Å²) in [5.74, 6) is -0.389. The number of nitrogens with zero attached hydrogens (tertiary/aromatic N) is 2. The number of esters is 1. The Hall–Kier alpha value is -1.45. The Balaban J connectivity index is 2.83. The van der Waals surface area contributed by atoms with Crippen molar-refractivity contribution in [3.05, 3.63) is 23.8 Å². The fourth-order valence-electron chi connectivity index (χ4n) is 1.35. The van der Waals surface area contributed by atoms with Crippen molar-refractivity contribution in [3.63, 3.8) is 0 Å². The van der Waals surface area contributed by atoms with E-state index in [-0.39, 0.29) is 11.4 Å². The van der Waals surface area contributed by atoms with E-state index in [9.17, 15) is 4.79 Å². The van der Waals surface area contributed by atoms with Crippen LogP contribution >= 0.6 is 0 Å². The van der Waals surface area contributed by atoms with Crippen molar-refractivity contribution in [1.82, 2.24) is 9.97 Å². The second-order valence-corrected chi connectivity index (χ2v) is 4.85. The fourth-order valence-corrected chi connectivity index (χ4v) is 1.35. The molecule has 0 saturated carbocycles. The van der Waals surface area contributed by atoms with Crippen LogP contribution in [-0.2, 0) is 11.2 Å². The molecule has 4 heteroatoms. The molecular formula is C12H18N2O2. The number of aromatic nitrogens is 2. The Morgan fingerprint density at radius 2 is 2.06 bits per heavy atom. The van der Waals surface area contributed by atoms with Gasteiger partial charge in [0.15, 0.2) is 5.69 Å².